The highest BCUT2D eigenvalue weighted by Crippen LogP contribution is 2.19. The predicted octanol–water partition coefficient (Wildman–Crippen LogP) is 2.89. The second-order valence-electron chi connectivity index (χ2n) is 6.37. The first-order valence-corrected chi connectivity index (χ1v) is 8.48. The molecule has 0 aliphatic heterocycles. The third-order valence-corrected chi connectivity index (χ3v) is 4.36. The minimum absolute atomic E-state index is 0.0554. The fourth-order valence-corrected chi connectivity index (χ4v) is 2.86. The molecule has 0 N–H and O–H groups in total. The van der Waals surface area contributed by atoms with Crippen molar-refractivity contribution in [3.05, 3.63) is 71.3 Å². The van der Waals surface area contributed by atoms with Gasteiger partial charge in [0.2, 0.25) is 5.91 Å². The average molecular weight is 349 g/mol. The first kappa shape index (κ1) is 17.7. The van der Waals surface area contributed by atoms with E-state index in [-0.39, 0.29) is 5.91 Å². The Labute approximate surface area is 153 Å². The summed E-state index contributed by atoms with van der Waals surface area (Å²) in [4.78, 5) is 14.1. The van der Waals surface area contributed by atoms with Crippen LogP contribution in [0.2, 0.25) is 0 Å². The van der Waals surface area contributed by atoms with Gasteiger partial charge < -0.3 is 4.90 Å². The normalized spacial score (nSPS) is 11.2. The molecule has 0 unspecified atom stereocenters. The third-order valence-electron chi connectivity index (χ3n) is 4.36. The topological polar surface area (TPSA) is 56.0 Å². The summed E-state index contributed by atoms with van der Waals surface area (Å²) in [5, 5.41) is 8.73. The summed E-state index contributed by atoms with van der Waals surface area (Å²) >= 11 is 0. The van der Waals surface area contributed by atoms with E-state index in [9.17, 15) is 4.79 Å². The van der Waals surface area contributed by atoms with Crippen LogP contribution in [0.4, 0.5) is 0 Å². The Balaban J connectivity index is 1.75. The number of aromatic nitrogens is 4. The summed E-state index contributed by atoms with van der Waals surface area (Å²) in [5.74, 6) is -0.0554. The van der Waals surface area contributed by atoms with Crippen LogP contribution in [0.25, 0.3) is 11.8 Å². The van der Waals surface area contributed by atoms with Gasteiger partial charge in [-0.2, -0.15) is 10.2 Å². The molecule has 2 aromatic heterocycles. The van der Waals surface area contributed by atoms with Crippen LogP contribution < -0.4 is 0 Å². The van der Waals surface area contributed by atoms with Gasteiger partial charge in [0.25, 0.3) is 0 Å². The number of carbonyl (C=O) groups is 1. The molecule has 1 amide bonds. The number of benzene rings is 1. The van der Waals surface area contributed by atoms with E-state index in [1.807, 2.05) is 62.1 Å². The number of nitrogens with zero attached hydrogens (tertiary/aromatic N) is 5. The molecule has 134 valence electrons. The monoisotopic (exact) mass is 349 g/mol. The molecule has 0 fully saturated rings. The lowest BCUT2D eigenvalue weighted by Gasteiger charge is -2.15. The summed E-state index contributed by atoms with van der Waals surface area (Å²) in [6.45, 7) is 4.53. The highest BCUT2D eigenvalue weighted by atomic mass is 16.2. The third kappa shape index (κ3) is 3.74. The average Bonchev–Trinajstić information content (AvgIpc) is 3.18. The van der Waals surface area contributed by atoms with Crippen LogP contribution in [-0.2, 0) is 18.4 Å². The molecule has 3 aromatic rings. The van der Waals surface area contributed by atoms with Crippen LogP contribution in [-0.4, -0.2) is 37.4 Å². The van der Waals surface area contributed by atoms with E-state index in [1.54, 1.807) is 35.0 Å². The van der Waals surface area contributed by atoms with E-state index in [2.05, 4.69) is 10.2 Å². The van der Waals surface area contributed by atoms with E-state index in [1.165, 1.54) is 0 Å². The smallest absolute Gasteiger partial charge is 0.246 e. The molecule has 1 aromatic carbocycles. The summed E-state index contributed by atoms with van der Waals surface area (Å²) in [6.07, 6.45) is 6.94. The molecule has 0 atom stereocenters. The fraction of sp³-hybridized carbons (Fsp3) is 0.250. The van der Waals surface area contributed by atoms with Gasteiger partial charge in [-0.05, 0) is 32.1 Å². The Morgan fingerprint density at radius 2 is 1.96 bits per heavy atom. The number of likely N-dealkylation sites (N-methyl/N-ethyl adjacent to an activating group) is 1. The maximum atomic E-state index is 12.4. The minimum atomic E-state index is -0.0554. The molecule has 3 rings (SSSR count). The quantitative estimate of drug-likeness (QED) is 0.666. The van der Waals surface area contributed by atoms with Crippen molar-refractivity contribution in [2.75, 3.05) is 7.05 Å². The number of hydrogen-bond acceptors (Lipinski definition) is 3. The zero-order valence-electron chi connectivity index (χ0n) is 15.5. The van der Waals surface area contributed by atoms with Gasteiger partial charge in [0.05, 0.1) is 17.6 Å². The Bertz CT molecular complexity index is 937. The number of para-hydroxylation sites is 1. The SMILES string of the molecule is Cc1nn(-c2ccccc2)c(C)c1CN(C)C(=O)/C=C/c1cnn(C)c1. The molecule has 0 saturated heterocycles. The second kappa shape index (κ2) is 7.39. The van der Waals surface area contributed by atoms with E-state index in [0.717, 1.165) is 28.2 Å². The number of carbonyl (C=O) groups excluding carboxylic acids is 1. The Hall–Kier alpha value is -3.15. The summed E-state index contributed by atoms with van der Waals surface area (Å²) in [5.41, 5.74) is 4.97. The van der Waals surface area contributed by atoms with Gasteiger partial charge in [0, 0.05) is 49.7 Å². The second-order valence-corrected chi connectivity index (χ2v) is 6.37. The zero-order chi connectivity index (χ0) is 18.7. The summed E-state index contributed by atoms with van der Waals surface area (Å²) < 4.78 is 3.63. The van der Waals surface area contributed by atoms with Gasteiger partial charge >= 0.3 is 0 Å². The van der Waals surface area contributed by atoms with Gasteiger partial charge in [-0.3, -0.25) is 9.48 Å². The van der Waals surface area contributed by atoms with Gasteiger partial charge in [-0.25, -0.2) is 4.68 Å². The van der Waals surface area contributed by atoms with Gasteiger partial charge in [0.1, 0.15) is 0 Å². The van der Waals surface area contributed by atoms with Crippen molar-refractivity contribution in [1.82, 2.24) is 24.5 Å². The molecule has 6 heteroatoms. The molecule has 0 radical (unpaired) electrons. The number of rotatable bonds is 5. The van der Waals surface area contributed by atoms with Crippen LogP contribution in [0.3, 0.4) is 0 Å². The highest BCUT2D eigenvalue weighted by Gasteiger charge is 2.16. The van der Waals surface area contributed by atoms with Gasteiger partial charge in [0.15, 0.2) is 0 Å². The van der Waals surface area contributed by atoms with Crippen molar-refractivity contribution >= 4 is 12.0 Å². The van der Waals surface area contributed by atoms with Crippen molar-refractivity contribution in [1.29, 1.82) is 0 Å². The molecule has 0 aliphatic rings. The lowest BCUT2D eigenvalue weighted by Crippen LogP contribution is -2.24. The first-order valence-electron chi connectivity index (χ1n) is 8.48. The molecule has 0 bridgehead atoms. The lowest BCUT2D eigenvalue weighted by atomic mass is 10.2. The molecule has 6 nitrogen and oxygen atoms in total. The maximum Gasteiger partial charge on any atom is 0.246 e. The highest BCUT2D eigenvalue weighted by molar-refractivity contribution is 5.91. The van der Waals surface area contributed by atoms with Crippen LogP contribution in [0.5, 0.6) is 0 Å². The Morgan fingerprint density at radius 3 is 2.62 bits per heavy atom. The molecule has 2 heterocycles. The minimum Gasteiger partial charge on any atom is -0.338 e. The molecular weight excluding hydrogens is 326 g/mol. The number of aryl methyl sites for hydroxylation is 2. The molecular formula is C20H23N5O. The van der Waals surface area contributed by atoms with E-state index >= 15 is 0 Å². The molecule has 0 aliphatic carbocycles. The van der Waals surface area contributed by atoms with E-state index in [0.29, 0.717) is 6.54 Å². The van der Waals surface area contributed by atoms with E-state index < -0.39 is 0 Å². The van der Waals surface area contributed by atoms with Gasteiger partial charge in [-0.15, -0.1) is 0 Å². The van der Waals surface area contributed by atoms with Crippen molar-refractivity contribution in [3.63, 3.8) is 0 Å². The molecule has 0 spiro atoms. The Morgan fingerprint density at radius 1 is 1.23 bits per heavy atom. The standard InChI is InChI=1S/C20H23N5O/c1-15-19(16(2)25(22-15)18-8-6-5-7-9-18)14-23(3)20(26)11-10-17-12-21-24(4)13-17/h5-13H,14H2,1-4H3/b11-10+. The first-order chi connectivity index (χ1) is 12.5. The predicted molar refractivity (Wildman–Crippen MR) is 102 cm³/mol. The lowest BCUT2D eigenvalue weighted by molar-refractivity contribution is -0.125. The van der Waals surface area contributed by atoms with Crippen LogP contribution in [0, 0.1) is 13.8 Å². The van der Waals surface area contributed by atoms with Crippen LogP contribution in [0.15, 0.2) is 48.8 Å². The van der Waals surface area contributed by atoms with E-state index in [4.69, 9.17) is 0 Å². The van der Waals surface area contributed by atoms with Crippen LogP contribution >= 0.6 is 0 Å². The summed E-state index contributed by atoms with van der Waals surface area (Å²) in [7, 11) is 3.65. The van der Waals surface area contributed by atoms with Crippen molar-refractivity contribution in [2.24, 2.45) is 7.05 Å². The maximum absolute atomic E-state index is 12.4. The van der Waals surface area contributed by atoms with Crippen molar-refractivity contribution in [2.45, 2.75) is 20.4 Å². The van der Waals surface area contributed by atoms with Crippen molar-refractivity contribution in [3.8, 4) is 5.69 Å². The molecule has 0 saturated carbocycles. The van der Waals surface area contributed by atoms with Crippen LogP contribution in [0.1, 0.15) is 22.5 Å². The summed E-state index contributed by atoms with van der Waals surface area (Å²) in [6, 6.07) is 10.0. The fourth-order valence-electron chi connectivity index (χ4n) is 2.86. The number of amides is 1. The zero-order valence-corrected chi connectivity index (χ0v) is 15.5. The largest absolute Gasteiger partial charge is 0.338 e. The molecule has 26 heavy (non-hydrogen) atoms. The number of hydrogen-bond donors (Lipinski definition) is 0. The Kier molecular flexibility index (Phi) is 5.02. The van der Waals surface area contributed by atoms with Crippen molar-refractivity contribution < 1.29 is 4.79 Å². The van der Waals surface area contributed by atoms with Gasteiger partial charge in [-0.1, -0.05) is 18.2 Å².